The molecule has 1 aromatic heterocycles. The van der Waals surface area contributed by atoms with E-state index in [4.69, 9.17) is 10.5 Å². The van der Waals surface area contributed by atoms with Crippen LogP contribution in [0.25, 0.3) is 0 Å². The van der Waals surface area contributed by atoms with E-state index in [0.717, 1.165) is 0 Å². The maximum Gasteiger partial charge on any atom is 0.274 e. The average Bonchev–Trinajstić information content (AvgIpc) is 2.32. The fraction of sp³-hybridized carbons (Fsp3) is 0. The number of nitrogen functional groups attached to an aromatic ring is 1. The number of nitro benzene ring substituents is 1. The Balaban J connectivity index is 2.35. The Morgan fingerprint density at radius 3 is 2.63 bits per heavy atom. The third-order valence-corrected chi connectivity index (χ3v) is 3.14. The number of nitro groups is 1. The fourth-order valence-corrected chi connectivity index (χ4v) is 2.25. The zero-order valence-corrected chi connectivity index (χ0v) is 12.5. The van der Waals surface area contributed by atoms with Crippen LogP contribution in [0.5, 0.6) is 11.6 Å². The number of aromatic nitrogens is 1. The monoisotopic (exact) mass is 387 g/mol. The quantitative estimate of drug-likeness (QED) is 0.636. The second-order valence-corrected chi connectivity index (χ2v) is 5.33. The molecule has 2 N–H and O–H groups in total. The van der Waals surface area contributed by atoms with Crippen LogP contribution in [0.1, 0.15) is 0 Å². The zero-order chi connectivity index (χ0) is 14.0. The Hall–Kier alpha value is -1.67. The van der Waals surface area contributed by atoms with Crippen molar-refractivity contribution < 1.29 is 9.66 Å². The molecule has 1 aromatic carbocycles. The number of hydrogen-bond acceptors (Lipinski definition) is 5. The van der Waals surface area contributed by atoms with Crippen molar-refractivity contribution in [2.24, 2.45) is 0 Å². The van der Waals surface area contributed by atoms with Gasteiger partial charge in [-0.25, -0.2) is 4.98 Å². The van der Waals surface area contributed by atoms with Crippen LogP contribution in [-0.4, -0.2) is 9.91 Å². The predicted octanol–water partition coefficient (Wildman–Crippen LogP) is 3.89. The topological polar surface area (TPSA) is 91.3 Å². The summed E-state index contributed by atoms with van der Waals surface area (Å²) in [4.78, 5) is 14.3. The molecular weight excluding hydrogens is 382 g/mol. The number of hydrogen-bond donors (Lipinski definition) is 1. The molecule has 8 heteroatoms. The molecule has 2 rings (SSSR count). The Morgan fingerprint density at radius 1 is 1.26 bits per heavy atom. The van der Waals surface area contributed by atoms with Crippen molar-refractivity contribution in [2.75, 3.05) is 5.73 Å². The number of pyridine rings is 1. The van der Waals surface area contributed by atoms with Crippen molar-refractivity contribution in [3.8, 4) is 11.6 Å². The van der Waals surface area contributed by atoms with Crippen molar-refractivity contribution in [3.05, 3.63) is 49.5 Å². The summed E-state index contributed by atoms with van der Waals surface area (Å²) in [7, 11) is 0. The fourth-order valence-electron chi connectivity index (χ4n) is 1.34. The van der Waals surface area contributed by atoms with Crippen molar-refractivity contribution in [3.63, 3.8) is 0 Å². The van der Waals surface area contributed by atoms with Gasteiger partial charge in [0.25, 0.3) is 5.69 Å². The zero-order valence-electron chi connectivity index (χ0n) is 9.34. The minimum atomic E-state index is -0.497. The molecule has 0 aliphatic heterocycles. The number of nitrogens with two attached hydrogens (primary N) is 1. The van der Waals surface area contributed by atoms with Crippen LogP contribution in [-0.2, 0) is 0 Å². The summed E-state index contributed by atoms with van der Waals surface area (Å²) in [5.41, 5.74) is 5.98. The van der Waals surface area contributed by atoms with Crippen LogP contribution >= 0.6 is 31.9 Å². The van der Waals surface area contributed by atoms with Gasteiger partial charge in [0.05, 0.1) is 27.3 Å². The molecule has 0 amide bonds. The maximum atomic E-state index is 10.8. The molecule has 0 saturated heterocycles. The van der Waals surface area contributed by atoms with Crippen molar-refractivity contribution in [2.45, 2.75) is 0 Å². The summed E-state index contributed by atoms with van der Waals surface area (Å²) in [6.45, 7) is 0. The Kier molecular flexibility index (Phi) is 4.01. The van der Waals surface area contributed by atoms with Crippen molar-refractivity contribution >= 4 is 43.2 Å². The third kappa shape index (κ3) is 3.42. The number of benzene rings is 1. The van der Waals surface area contributed by atoms with Gasteiger partial charge in [0.1, 0.15) is 5.75 Å². The van der Waals surface area contributed by atoms with Gasteiger partial charge >= 0.3 is 0 Å². The maximum absolute atomic E-state index is 10.8. The first-order valence-corrected chi connectivity index (χ1v) is 6.58. The lowest BCUT2D eigenvalue weighted by molar-refractivity contribution is -0.385. The lowest BCUT2D eigenvalue weighted by atomic mass is 10.3. The third-order valence-electron chi connectivity index (χ3n) is 2.11. The molecule has 0 aliphatic carbocycles. The summed E-state index contributed by atoms with van der Waals surface area (Å²) >= 11 is 6.45. The van der Waals surface area contributed by atoms with Gasteiger partial charge in [0.15, 0.2) is 0 Å². The molecule has 6 nitrogen and oxygen atoms in total. The lowest BCUT2D eigenvalue weighted by Gasteiger charge is -2.07. The first kappa shape index (κ1) is 13.8. The van der Waals surface area contributed by atoms with Crippen LogP contribution in [0.4, 0.5) is 11.4 Å². The van der Waals surface area contributed by atoms with Crippen LogP contribution < -0.4 is 10.5 Å². The molecular formula is C11H7Br2N3O3. The van der Waals surface area contributed by atoms with E-state index < -0.39 is 4.92 Å². The molecule has 2 aromatic rings. The summed E-state index contributed by atoms with van der Waals surface area (Å²) in [6, 6.07) is 5.94. The number of non-ortho nitro benzene ring substituents is 1. The van der Waals surface area contributed by atoms with E-state index in [1.54, 1.807) is 12.1 Å². The number of rotatable bonds is 3. The van der Waals surface area contributed by atoms with Gasteiger partial charge in [-0.2, -0.15) is 0 Å². The predicted molar refractivity (Wildman–Crippen MR) is 77.2 cm³/mol. The average molecular weight is 389 g/mol. The first-order valence-electron chi connectivity index (χ1n) is 4.99. The minimum absolute atomic E-state index is 0.0732. The highest BCUT2D eigenvalue weighted by Crippen LogP contribution is 2.32. The van der Waals surface area contributed by atoms with Gasteiger partial charge in [0.2, 0.25) is 5.88 Å². The number of halogens is 2. The SMILES string of the molecule is Nc1cnc(Oc2cc(Br)cc([N+](=O)[O-])c2)c(Br)c1. The molecule has 0 unspecified atom stereocenters. The molecule has 0 atom stereocenters. The molecule has 19 heavy (non-hydrogen) atoms. The van der Waals surface area contributed by atoms with Crippen molar-refractivity contribution in [1.82, 2.24) is 4.98 Å². The van der Waals surface area contributed by atoms with Crippen molar-refractivity contribution in [1.29, 1.82) is 0 Å². The minimum Gasteiger partial charge on any atom is -0.438 e. The van der Waals surface area contributed by atoms with E-state index in [-0.39, 0.29) is 11.6 Å². The highest BCUT2D eigenvalue weighted by Gasteiger charge is 2.12. The number of anilines is 1. The standard InChI is InChI=1S/C11H7Br2N3O3/c12-6-1-8(16(17)18)4-9(2-6)19-11-10(13)3-7(14)5-15-11/h1-5H,14H2. The van der Waals surface area contributed by atoms with Gasteiger partial charge < -0.3 is 10.5 Å². The van der Waals surface area contributed by atoms with E-state index in [0.29, 0.717) is 20.4 Å². The molecule has 0 aliphatic rings. The second-order valence-electron chi connectivity index (χ2n) is 3.56. The molecule has 0 spiro atoms. The van der Waals surface area contributed by atoms with Gasteiger partial charge in [-0.1, -0.05) is 15.9 Å². The smallest absolute Gasteiger partial charge is 0.274 e. The van der Waals surface area contributed by atoms with Crippen LogP contribution in [0.3, 0.4) is 0 Å². The highest BCUT2D eigenvalue weighted by atomic mass is 79.9. The summed E-state index contributed by atoms with van der Waals surface area (Å²) in [5.74, 6) is 0.584. The molecule has 1 heterocycles. The molecule has 0 fully saturated rings. The number of nitrogens with zero attached hydrogens (tertiary/aromatic N) is 2. The Labute approximate surface area is 125 Å². The van der Waals surface area contributed by atoms with Crippen LogP contribution in [0.2, 0.25) is 0 Å². The normalized spacial score (nSPS) is 10.2. The van der Waals surface area contributed by atoms with Gasteiger partial charge in [-0.15, -0.1) is 0 Å². The molecule has 98 valence electrons. The van der Waals surface area contributed by atoms with Gasteiger partial charge in [-0.3, -0.25) is 10.1 Å². The van der Waals surface area contributed by atoms with Gasteiger partial charge in [-0.05, 0) is 28.1 Å². The number of ether oxygens (including phenoxy) is 1. The molecule has 0 radical (unpaired) electrons. The second kappa shape index (κ2) is 5.54. The summed E-state index contributed by atoms with van der Waals surface area (Å²) in [5, 5.41) is 10.8. The van der Waals surface area contributed by atoms with Crippen LogP contribution in [0, 0.1) is 10.1 Å². The van der Waals surface area contributed by atoms with E-state index >= 15 is 0 Å². The molecule has 0 bridgehead atoms. The lowest BCUT2D eigenvalue weighted by Crippen LogP contribution is -1.94. The van der Waals surface area contributed by atoms with E-state index in [1.807, 2.05) is 0 Å². The molecule has 0 saturated carbocycles. The van der Waals surface area contributed by atoms with Crippen LogP contribution in [0.15, 0.2) is 39.4 Å². The van der Waals surface area contributed by atoms with E-state index in [2.05, 4.69) is 36.8 Å². The first-order chi connectivity index (χ1) is 8.95. The van der Waals surface area contributed by atoms with E-state index in [1.165, 1.54) is 18.3 Å². The summed E-state index contributed by atoms with van der Waals surface area (Å²) < 4.78 is 6.60. The Bertz CT molecular complexity index is 649. The highest BCUT2D eigenvalue weighted by molar-refractivity contribution is 9.10. The van der Waals surface area contributed by atoms with E-state index in [9.17, 15) is 10.1 Å². The largest absolute Gasteiger partial charge is 0.438 e. The summed E-state index contributed by atoms with van der Waals surface area (Å²) in [6.07, 6.45) is 1.44. The van der Waals surface area contributed by atoms with Gasteiger partial charge in [0, 0.05) is 10.5 Å². The Morgan fingerprint density at radius 2 is 2.00 bits per heavy atom.